The molecule has 3 rings (SSSR count). The first-order valence-electron chi connectivity index (χ1n) is 8.46. The SMILES string of the molecule is COC1=COC=C2CC(C)(C)C(CC(C)NC(=O)c3ccncc3)=C21. The average Bonchev–Trinajstić information content (AvgIpc) is 2.85. The van der Waals surface area contributed by atoms with Crippen LogP contribution in [-0.2, 0) is 9.47 Å². The normalized spacial score (nSPS) is 19.4. The molecule has 1 aromatic rings. The number of allylic oxidation sites excluding steroid dienone is 1. The Balaban J connectivity index is 1.80. The van der Waals surface area contributed by atoms with Crippen molar-refractivity contribution in [2.45, 2.75) is 39.7 Å². The Kier molecular flexibility index (Phi) is 4.66. The van der Waals surface area contributed by atoms with Crippen LogP contribution in [0.1, 0.15) is 44.0 Å². The van der Waals surface area contributed by atoms with Crippen LogP contribution in [-0.4, -0.2) is 24.0 Å². The van der Waals surface area contributed by atoms with Gasteiger partial charge < -0.3 is 14.8 Å². The Hall–Kier alpha value is -2.56. The minimum atomic E-state index is -0.0819. The predicted molar refractivity (Wildman–Crippen MR) is 95.5 cm³/mol. The Morgan fingerprint density at radius 3 is 2.76 bits per heavy atom. The first kappa shape index (κ1) is 17.3. The van der Waals surface area contributed by atoms with Gasteiger partial charge in [0.05, 0.1) is 13.4 Å². The summed E-state index contributed by atoms with van der Waals surface area (Å²) in [5.41, 5.74) is 4.20. The fraction of sp³-hybridized carbons (Fsp3) is 0.400. The molecule has 0 radical (unpaired) electrons. The van der Waals surface area contributed by atoms with Crippen molar-refractivity contribution in [1.82, 2.24) is 10.3 Å². The Labute approximate surface area is 148 Å². The van der Waals surface area contributed by atoms with Crippen LogP contribution < -0.4 is 5.32 Å². The molecular formula is C20H24N2O3. The van der Waals surface area contributed by atoms with Crippen molar-refractivity contribution in [3.8, 4) is 0 Å². The van der Waals surface area contributed by atoms with Gasteiger partial charge in [-0.05, 0) is 42.9 Å². The van der Waals surface area contributed by atoms with Crippen LogP contribution in [0.5, 0.6) is 0 Å². The third-order valence-corrected chi connectivity index (χ3v) is 4.75. The van der Waals surface area contributed by atoms with Gasteiger partial charge in [-0.2, -0.15) is 0 Å². The van der Waals surface area contributed by atoms with E-state index >= 15 is 0 Å². The zero-order valence-electron chi connectivity index (χ0n) is 15.1. The summed E-state index contributed by atoms with van der Waals surface area (Å²) in [4.78, 5) is 16.3. The van der Waals surface area contributed by atoms with Crippen molar-refractivity contribution in [3.63, 3.8) is 0 Å². The van der Waals surface area contributed by atoms with E-state index in [0.29, 0.717) is 5.56 Å². The van der Waals surface area contributed by atoms with E-state index in [9.17, 15) is 4.79 Å². The maximum atomic E-state index is 12.4. The third-order valence-electron chi connectivity index (χ3n) is 4.75. The van der Waals surface area contributed by atoms with Crippen LogP contribution in [0.2, 0.25) is 0 Å². The average molecular weight is 340 g/mol. The third kappa shape index (κ3) is 3.45. The highest BCUT2D eigenvalue weighted by Gasteiger charge is 2.39. The fourth-order valence-corrected chi connectivity index (χ4v) is 3.54. The van der Waals surface area contributed by atoms with Gasteiger partial charge >= 0.3 is 0 Å². The number of rotatable bonds is 5. The van der Waals surface area contributed by atoms with E-state index in [1.165, 1.54) is 5.57 Å². The number of nitrogens with zero attached hydrogens (tertiary/aromatic N) is 1. The lowest BCUT2D eigenvalue weighted by atomic mass is 9.82. The van der Waals surface area contributed by atoms with Crippen molar-refractivity contribution in [2.75, 3.05) is 7.11 Å². The molecule has 0 saturated carbocycles. The van der Waals surface area contributed by atoms with Crippen molar-refractivity contribution in [1.29, 1.82) is 0 Å². The number of amides is 1. The first-order valence-corrected chi connectivity index (χ1v) is 8.46. The Morgan fingerprint density at radius 1 is 1.36 bits per heavy atom. The molecule has 1 amide bonds. The molecule has 0 spiro atoms. The van der Waals surface area contributed by atoms with Gasteiger partial charge in [-0.15, -0.1) is 0 Å². The molecule has 0 bridgehead atoms. The van der Waals surface area contributed by atoms with E-state index in [1.54, 1.807) is 44.2 Å². The number of pyridine rings is 1. The molecule has 0 aromatic carbocycles. The zero-order valence-corrected chi connectivity index (χ0v) is 15.1. The maximum absolute atomic E-state index is 12.4. The largest absolute Gasteiger partial charge is 0.493 e. The Bertz CT molecular complexity index is 760. The van der Waals surface area contributed by atoms with Gasteiger partial charge in [-0.1, -0.05) is 19.4 Å². The fourth-order valence-electron chi connectivity index (χ4n) is 3.54. The summed E-state index contributed by atoms with van der Waals surface area (Å²) in [5.74, 6) is 0.673. The molecule has 0 fully saturated rings. The molecule has 1 atom stereocenters. The molecule has 5 nitrogen and oxygen atoms in total. The van der Waals surface area contributed by atoms with Crippen LogP contribution in [0.15, 0.2) is 59.5 Å². The molecule has 5 heteroatoms. The van der Waals surface area contributed by atoms with Crippen LogP contribution >= 0.6 is 0 Å². The van der Waals surface area contributed by atoms with E-state index in [4.69, 9.17) is 9.47 Å². The first-order chi connectivity index (χ1) is 11.9. The van der Waals surface area contributed by atoms with Crippen molar-refractivity contribution in [2.24, 2.45) is 5.41 Å². The second-order valence-corrected chi connectivity index (χ2v) is 7.19. The number of hydrogen-bond acceptors (Lipinski definition) is 4. The molecule has 25 heavy (non-hydrogen) atoms. The van der Waals surface area contributed by atoms with Crippen molar-refractivity contribution >= 4 is 5.91 Å². The maximum Gasteiger partial charge on any atom is 0.251 e. The van der Waals surface area contributed by atoms with E-state index < -0.39 is 0 Å². The van der Waals surface area contributed by atoms with E-state index in [2.05, 4.69) is 24.1 Å². The van der Waals surface area contributed by atoms with E-state index in [1.807, 2.05) is 6.92 Å². The summed E-state index contributed by atoms with van der Waals surface area (Å²) >= 11 is 0. The molecule has 1 aliphatic heterocycles. The number of carbonyl (C=O) groups is 1. The topological polar surface area (TPSA) is 60.5 Å². The molecular weight excluding hydrogens is 316 g/mol. The molecule has 1 aromatic heterocycles. The molecule has 0 saturated heterocycles. The van der Waals surface area contributed by atoms with Crippen molar-refractivity contribution < 1.29 is 14.3 Å². The molecule has 1 N–H and O–H groups in total. The monoisotopic (exact) mass is 340 g/mol. The van der Waals surface area contributed by atoms with Gasteiger partial charge in [0.2, 0.25) is 0 Å². The van der Waals surface area contributed by atoms with Crippen LogP contribution in [0, 0.1) is 5.41 Å². The van der Waals surface area contributed by atoms with Gasteiger partial charge in [0.25, 0.3) is 5.91 Å². The molecule has 1 aliphatic carbocycles. The van der Waals surface area contributed by atoms with E-state index in [0.717, 1.165) is 29.7 Å². The van der Waals surface area contributed by atoms with Crippen LogP contribution in [0.4, 0.5) is 0 Å². The number of hydrogen-bond donors (Lipinski definition) is 1. The van der Waals surface area contributed by atoms with Gasteiger partial charge in [-0.25, -0.2) is 0 Å². The Morgan fingerprint density at radius 2 is 2.08 bits per heavy atom. The smallest absolute Gasteiger partial charge is 0.251 e. The number of nitrogens with one attached hydrogen (secondary N) is 1. The summed E-state index contributed by atoms with van der Waals surface area (Å²) < 4.78 is 10.9. The summed E-state index contributed by atoms with van der Waals surface area (Å²) in [5, 5.41) is 3.08. The highest BCUT2D eigenvalue weighted by atomic mass is 16.5. The summed E-state index contributed by atoms with van der Waals surface area (Å²) in [6.45, 7) is 6.47. The number of methoxy groups -OCH3 is 1. The lowest BCUT2D eigenvalue weighted by Crippen LogP contribution is -2.34. The quantitative estimate of drug-likeness (QED) is 0.887. The highest BCUT2D eigenvalue weighted by Crippen LogP contribution is 2.50. The van der Waals surface area contributed by atoms with Gasteiger partial charge in [0.1, 0.15) is 6.26 Å². The van der Waals surface area contributed by atoms with E-state index in [-0.39, 0.29) is 17.4 Å². The minimum absolute atomic E-state index is 0.00212. The van der Waals surface area contributed by atoms with Gasteiger partial charge in [0.15, 0.2) is 5.76 Å². The van der Waals surface area contributed by atoms with Gasteiger partial charge in [0, 0.05) is 29.6 Å². The summed E-state index contributed by atoms with van der Waals surface area (Å²) in [7, 11) is 1.66. The number of carbonyl (C=O) groups excluding carboxylic acids is 1. The van der Waals surface area contributed by atoms with Gasteiger partial charge in [-0.3, -0.25) is 9.78 Å². The standard InChI is InChI=1S/C20H24N2O3/c1-13(22-19(23)14-5-7-21-8-6-14)9-16-18-15(10-20(16,2)3)11-25-12-17(18)24-4/h5-8,11-13H,9-10H2,1-4H3,(H,22,23). The second-order valence-electron chi connectivity index (χ2n) is 7.19. The molecule has 2 heterocycles. The minimum Gasteiger partial charge on any atom is -0.493 e. The number of ether oxygens (including phenoxy) is 2. The molecule has 2 aliphatic rings. The second kappa shape index (κ2) is 6.75. The summed E-state index contributed by atoms with van der Waals surface area (Å²) in [6, 6.07) is 3.44. The summed E-state index contributed by atoms with van der Waals surface area (Å²) in [6.07, 6.45) is 8.35. The molecule has 1 unspecified atom stereocenters. The zero-order chi connectivity index (χ0) is 18.0. The lowest BCUT2D eigenvalue weighted by Gasteiger charge is -2.26. The number of aromatic nitrogens is 1. The van der Waals surface area contributed by atoms with Crippen molar-refractivity contribution in [3.05, 3.63) is 65.1 Å². The van der Waals surface area contributed by atoms with Crippen LogP contribution in [0.3, 0.4) is 0 Å². The number of fused-ring (bicyclic) bond motifs is 1. The highest BCUT2D eigenvalue weighted by molar-refractivity contribution is 5.94. The lowest BCUT2D eigenvalue weighted by molar-refractivity contribution is 0.0939. The molecule has 132 valence electrons. The van der Waals surface area contributed by atoms with Crippen LogP contribution in [0.25, 0.3) is 0 Å². The predicted octanol–water partition coefficient (Wildman–Crippen LogP) is 3.72.